The number of guanidine groups is 1. The Bertz CT molecular complexity index is 441. The normalized spacial score (nSPS) is 19.4. The highest BCUT2D eigenvalue weighted by Crippen LogP contribution is 2.26. The standard InChI is InChI=1S/C14H25N5.HI/c1-11(2)7-16-14(15-3)19-6-5-12(10-19)13-8-17-18(4)9-13;/h8-9,11-12H,5-7,10H2,1-4H3,(H,15,16);1H. The van der Waals surface area contributed by atoms with Crippen LogP contribution in [0.2, 0.25) is 0 Å². The van der Waals surface area contributed by atoms with E-state index < -0.39 is 0 Å². The third-order valence-electron chi connectivity index (χ3n) is 3.56. The Balaban J connectivity index is 0.00000200. The smallest absolute Gasteiger partial charge is 0.193 e. The van der Waals surface area contributed by atoms with Crippen molar-refractivity contribution in [1.82, 2.24) is 20.0 Å². The maximum absolute atomic E-state index is 4.39. The Morgan fingerprint density at radius 3 is 2.85 bits per heavy atom. The van der Waals surface area contributed by atoms with Crippen molar-refractivity contribution in [3.05, 3.63) is 18.0 Å². The number of aromatic nitrogens is 2. The van der Waals surface area contributed by atoms with Crippen molar-refractivity contribution in [2.45, 2.75) is 26.2 Å². The molecule has 1 aliphatic rings. The molecular formula is C14H26IN5. The summed E-state index contributed by atoms with van der Waals surface area (Å²) >= 11 is 0. The van der Waals surface area contributed by atoms with Crippen LogP contribution >= 0.6 is 24.0 Å². The molecule has 0 aromatic carbocycles. The number of aliphatic imine (C=N–C) groups is 1. The number of nitrogens with zero attached hydrogens (tertiary/aromatic N) is 4. The summed E-state index contributed by atoms with van der Waals surface area (Å²) in [5.74, 6) is 2.24. The monoisotopic (exact) mass is 391 g/mol. The van der Waals surface area contributed by atoms with Gasteiger partial charge in [-0.15, -0.1) is 24.0 Å². The molecule has 6 heteroatoms. The van der Waals surface area contributed by atoms with E-state index in [4.69, 9.17) is 0 Å². The minimum Gasteiger partial charge on any atom is -0.356 e. The van der Waals surface area contributed by atoms with Gasteiger partial charge in [0.1, 0.15) is 0 Å². The van der Waals surface area contributed by atoms with Crippen LogP contribution in [0.25, 0.3) is 0 Å². The molecule has 20 heavy (non-hydrogen) atoms. The lowest BCUT2D eigenvalue weighted by atomic mass is 10.0. The predicted octanol–water partition coefficient (Wildman–Crippen LogP) is 2.06. The molecule has 2 rings (SSSR count). The highest BCUT2D eigenvalue weighted by atomic mass is 127. The number of likely N-dealkylation sites (tertiary alicyclic amines) is 1. The summed E-state index contributed by atoms with van der Waals surface area (Å²) < 4.78 is 1.88. The zero-order valence-electron chi connectivity index (χ0n) is 12.8. The topological polar surface area (TPSA) is 45.5 Å². The molecule has 1 aromatic heterocycles. The fraction of sp³-hybridized carbons (Fsp3) is 0.714. The first-order chi connectivity index (χ1) is 9.10. The first kappa shape index (κ1) is 17.3. The summed E-state index contributed by atoms with van der Waals surface area (Å²) in [7, 11) is 3.83. The minimum absolute atomic E-state index is 0. The summed E-state index contributed by atoms with van der Waals surface area (Å²) in [6.07, 6.45) is 5.28. The van der Waals surface area contributed by atoms with E-state index in [2.05, 4.69) is 40.4 Å². The summed E-state index contributed by atoms with van der Waals surface area (Å²) in [5, 5.41) is 7.71. The molecule has 1 aromatic rings. The summed E-state index contributed by atoms with van der Waals surface area (Å²) in [5.41, 5.74) is 1.34. The van der Waals surface area contributed by atoms with Gasteiger partial charge in [0.05, 0.1) is 6.20 Å². The first-order valence-electron chi connectivity index (χ1n) is 7.04. The molecule has 1 saturated heterocycles. The fourth-order valence-electron chi connectivity index (χ4n) is 2.50. The van der Waals surface area contributed by atoms with Gasteiger partial charge in [0.15, 0.2) is 5.96 Å². The van der Waals surface area contributed by atoms with Gasteiger partial charge in [-0.05, 0) is 17.9 Å². The SMILES string of the molecule is CN=C(NCC(C)C)N1CCC(c2cnn(C)c2)C1.I. The van der Waals surface area contributed by atoms with Crippen LogP contribution < -0.4 is 5.32 Å². The van der Waals surface area contributed by atoms with E-state index >= 15 is 0 Å². The Morgan fingerprint density at radius 1 is 1.55 bits per heavy atom. The van der Waals surface area contributed by atoms with Crippen molar-refractivity contribution in [3.8, 4) is 0 Å². The predicted molar refractivity (Wildman–Crippen MR) is 93.8 cm³/mol. The molecule has 1 fully saturated rings. The molecule has 0 spiro atoms. The Kier molecular flexibility index (Phi) is 6.78. The molecule has 2 heterocycles. The van der Waals surface area contributed by atoms with Crippen LogP contribution in [0.1, 0.15) is 31.7 Å². The molecule has 0 saturated carbocycles. The summed E-state index contributed by atoms with van der Waals surface area (Å²) in [4.78, 5) is 6.73. The Hall–Kier alpha value is -0.790. The van der Waals surface area contributed by atoms with E-state index in [1.807, 2.05) is 25.0 Å². The molecule has 1 N–H and O–H groups in total. The van der Waals surface area contributed by atoms with Crippen LogP contribution in [-0.4, -0.2) is 47.3 Å². The molecule has 1 atom stereocenters. The molecule has 0 radical (unpaired) electrons. The van der Waals surface area contributed by atoms with Gasteiger partial charge >= 0.3 is 0 Å². The molecule has 0 aliphatic carbocycles. The quantitative estimate of drug-likeness (QED) is 0.488. The van der Waals surface area contributed by atoms with Crippen molar-refractivity contribution in [2.24, 2.45) is 18.0 Å². The van der Waals surface area contributed by atoms with Gasteiger partial charge in [-0.1, -0.05) is 13.8 Å². The highest BCUT2D eigenvalue weighted by molar-refractivity contribution is 14.0. The zero-order chi connectivity index (χ0) is 13.8. The molecular weight excluding hydrogens is 365 g/mol. The lowest BCUT2D eigenvalue weighted by Crippen LogP contribution is -2.41. The van der Waals surface area contributed by atoms with Gasteiger partial charge in [-0.2, -0.15) is 5.10 Å². The number of hydrogen-bond donors (Lipinski definition) is 1. The van der Waals surface area contributed by atoms with Crippen LogP contribution in [0.4, 0.5) is 0 Å². The second-order valence-electron chi connectivity index (χ2n) is 5.70. The van der Waals surface area contributed by atoms with Crippen LogP contribution in [0.5, 0.6) is 0 Å². The van der Waals surface area contributed by atoms with E-state index in [0.717, 1.165) is 25.6 Å². The number of aryl methyl sites for hydroxylation is 1. The average Bonchev–Trinajstić information content (AvgIpc) is 2.98. The van der Waals surface area contributed by atoms with E-state index in [-0.39, 0.29) is 24.0 Å². The maximum Gasteiger partial charge on any atom is 0.193 e. The number of hydrogen-bond acceptors (Lipinski definition) is 2. The first-order valence-corrected chi connectivity index (χ1v) is 7.04. The Labute approximate surface area is 138 Å². The second-order valence-corrected chi connectivity index (χ2v) is 5.70. The van der Waals surface area contributed by atoms with E-state index in [9.17, 15) is 0 Å². The lowest BCUT2D eigenvalue weighted by Gasteiger charge is -2.22. The van der Waals surface area contributed by atoms with Crippen molar-refractivity contribution in [2.75, 3.05) is 26.7 Å². The minimum atomic E-state index is 0. The van der Waals surface area contributed by atoms with Crippen molar-refractivity contribution in [3.63, 3.8) is 0 Å². The van der Waals surface area contributed by atoms with E-state index in [1.54, 1.807) is 0 Å². The van der Waals surface area contributed by atoms with Crippen LogP contribution in [0.15, 0.2) is 17.4 Å². The highest BCUT2D eigenvalue weighted by Gasteiger charge is 2.26. The van der Waals surface area contributed by atoms with Crippen LogP contribution in [-0.2, 0) is 7.05 Å². The molecule has 5 nitrogen and oxygen atoms in total. The van der Waals surface area contributed by atoms with Gasteiger partial charge in [0.25, 0.3) is 0 Å². The largest absolute Gasteiger partial charge is 0.356 e. The van der Waals surface area contributed by atoms with Crippen molar-refractivity contribution in [1.29, 1.82) is 0 Å². The van der Waals surface area contributed by atoms with Gasteiger partial charge in [0, 0.05) is 45.8 Å². The van der Waals surface area contributed by atoms with Gasteiger partial charge in [0.2, 0.25) is 0 Å². The molecule has 114 valence electrons. The second kappa shape index (κ2) is 7.85. The molecule has 0 bridgehead atoms. The fourth-order valence-corrected chi connectivity index (χ4v) is 2.50. The number of halogens is 1. The van der Waals surface area contributed by atoms with Crippen LogP contribution in [0.3, 0.4) is 0 Å². The Morgan fingerprint density at radius 2 is 2.30 bits per heavy atom. The molecule has 1 unspecified atom stereocenters. The third-order valence-corrected chi connectivity index (χ3v) is 3.56. The maximum atomic E-state index is 4.39. The van der Waals surface area contributed by atoms with E-state index in [1.165, 1.54) is 12.0 Å². The lowest BCUT2D eigenvalue weighted by molar-refractivity contribution is 0.476. The zero-order valence-corrected chi connectivity index (χ0v) is 15.2. The third kappa shape index (κ3) is 4.36. The van der Waals surface area contributed by atoms with Crippen LogP contribution in [0, 0.1) is 5.92 Å². The molecule has 0 amide bonds. The van der Waals surface area contributed by atoms with Gasteiger partial charge < -0.3 is 10.2 Å². The van der Waals surface area contributed by atoms with Crippen molar-refractivity contribution >= 4 is 29.9 Å². The van der Waals surface area contributed by atoms with Crippen molar-refractivity contribution < 1.29 is 0 Å². The van der Waals surface area contributed by atoms with Gasteiger partial charge in [-0.25, -0.2) is 0 Å². The average molecular weight is 391 g/mol. The number of nitrogens with one attached hydrogen (secondary N) is 1. The van der Waals surface area contributed by atoms with Gasteiger partial charge in [-0.3, -0.25) is 9.67 Å². The number of rotatable bonds is 3. The summed E-state index contributed by atoms with van der Waals surface area (Å²) in [6.45, 7) is 7.49. The molecule has 1 aliphatic heterocycles. The van der Waals surface area contributed by atoms with E-state index in [0.29, 0.717) is 11.8 Å². The summed E-state index contributed by atoms with van der Waals surface area (Å²) in [6, 6.07) is 0.